The van der Waals surface area contributed by atoms with Gasteiger partial charge < -0.3 is 4.74 Å². The molecule has 0 aliphatic carbocycles. The quantitative estimate of drug-likeness (QED) is 0.477. The summed E-state index contributed by atoms with van der Waals surface area (Å²) in [5, 5.41) is 8.20. The molecule has 0 rings (SSSR count). The number of carbonyl (C=O) groups is 1. The Balaban J connectivity index is 3.81. The van der Waals surface area contributed by atoms with Crippen LogP contribution in [0.5, 0.6) is 0 Å². The number of nitriles is 1. The molecule has 0 atom stereocenters. The number of nitrogens with zero attached hydrogens (tertiary/aromatic N) is 1. The maximum Gasteiger partial charge on any atom is 0.311 e. The van der Waals surface area contributed by atoms with Crippen LogP contribution < -0.4 is 0 Å². The van der Waals surface area contributed by atoms with Gasteiger partial charge in [0.25, 0.3) is 0 Å². The summed E-state index contributed by atoms with van der Waals surface area (Å²) in [7, 11) is 0. The normalized spacial score (nSPS) is 10.5. The Labute approximate surface area is 73.3 Å². The molecule has 0 aromatic carbocycles. The molecule has 0 saturated heterocycles. The number of carbonyl (C=O) groups excluding carboxylic acids is 1. The van der Waals surface area contributed by atoms with Crippen LogP contribution in [-0.2, 0) is 9.53 Å². The average molecular weight is 169 g/mol. The fraction of sp³-hybridized carbons (Fsp3) is 0.778. The Bertz CT molecular complexity index is 191. The van der Waals surface area contributed by atoms with Crippen LogP contribution in [0.2, 0.25) is 0 Å². The molecule has 0 heterocycles. The summed E-state index contributed by atoms with van der Waals surface area (Å²) in [6, 6.07) is 1.92. The smallest absolute Gasteiger partial charge is 0.311 e. The van der Waals surface area contributed by atoms with Crippen LogP contribution in [0.1, 0.15) is 33.6 Å². The molecule has 0 aliphatic heterocycles. The molecular weight excluding hydrogens is 154 g/mol. The molecular formula is C9H15NO2. The second kappa shape index (κ2) is 4.76. The zero-order chi connectivity index (χ0) is 9.61. The third-order valence-electron chi connectivity index (χ3n) is 1.88. The van der Waals surface area contributed by atoms with Crippen LogP contribution in [0.25, 0.3) is 0 Å². The highest BCUT2D eigenvalue weighted by Crippen LogP contribution is 2.21. The molecule has 0 amide bonds. The number of hydrogen-bond acceptors (Lipinski definition) is 3. The Kier molecular flexibility index (Phi) is 4.35. The molecule has 0 spiro atoms. The van der Waals surface area contributed by atoms with Gasteiger partial charge in [-0.2, -0.15) is 5.26 Å². The lowest BCUT2D eigenvalue weighted by atomic mass is 9.91. The van der Waals surface area contributed by atoms with Gasteiger partial charge in [0.1, 0.15) is 6.61 Å². The maximum atomic E-state index is 11.2. The predicted molar refractivity (Wildman–Crippen MR) is 45.3 cm³/mol. The summed E-state index contributed by atoms with van der Waals surface area (Å²) in [6.07, 6.45) is 1.02. The summed E-state index contributed by atoms with van der Waals surface area (Å²) in [6.45, 7) is 5.81. The monoisotopic (exact) mass is 169 g/mol. The fourth-order valence-electron chi connectivity index (χ4n) is 0.529. The van der Waals surface area contributed by atoms with Crippen molar-refractivity contribution in [2.24, 2.45) is 5.41 Å². The molecule has 12 heavy (non-hydrogen) atoms. The van der Waals surface area contributed by atoms with E-state index in [2.05, 4.69) is 0 Å². The minimum Gasteiger partial charge on any atom is -0.464 e. The van der Waals surface area contributed by atoms with Gasteiger partial charge in [-0.1, -0.05) is 6.92 Å². The number of esters is 1. The van der Waals surface area contributed by atoms with E-state index in [-0.39, 0.29) is 19.0 Å². The Hall–Kier alpha value is -1.04. The lowest BCUT2D eigenvalue weighted by molar-refractivity contribution is -0.153. The fourth-order valence-corrected chi connectivity index (χ4v) is 0.529. The highest BCUT2D eigenvalue weighted by molar-refractivity contribution is 5.75. The van der Waals surface area contributed by atoms with Crippen LogP contribution in [0, 0.1) is 16.7 Å². The van der Waals surface area contributed by atoms with Gasteiger partial charge in [-0.3, -0.25) is 4.79 Å². The number of rotatable bonds is 4. The first-order valence-electron chi connectivity index (χ1n) is 4.08. The zero-order valence-electron chi connectivity index (χ0n) is 7.89. The van der Waals surface area contributed by atoms with Crippen molar-refractivity contribution in [2.75, 3.05) is 6.61 Å². The first kappa shape index (κ1) is 11.0. The van der Waals surface area contributed by atoms with E-state index in [1.807, 2.05) is 26.8 Å². The summed E-state index contributed by atoms with van der Waals surface area (Å²) < 4.78 is 4.88. The van der Waals surface area contributed by atoms with E-state index in [1.165, 1.54) is 0 Å². The van der Waals surface area contributed by atoms with Crippen molar-refractivity contribution in [3.05, 3.63) is 0 Å². The zero-order valence-corrected chi connectivity index (χ0v) is 7.89. The molecule has 0 radical (unpaired) electrons. The standard InChI is InChI=1S/C9H15NO2/c1-4-9(2,3)8(11)12-7-5-6-10/h4-5,7H2,1-3H3. The molecule has 68 valence electrons. The van der Waals surface area contributed by atoms with Gasteiger partial charge in [0, 0.05) is 0 Å². The summed E-state index contributed by atoms with van der Waals surface area (Å²) in [5.41, 5.74) is -0.421. The molecule has 3 nitrogen and oxygen atoms in total. The third kappa shape index (κ3) is 3.38. The predicted octanol–water partition coefficient (Wildman–Crippen LogP) is 1.88. The summed E-state index contributed by atoms with van der Waals surface area (Å²) >= 11 is 0. The Morgan fingerprint density at radius 2 is 2.17 bits per heavy atom. The SMILES string of the molecule is CCC(C)(C)C(=O)OCCC#N. The van der Waals surface area contributed by atoms with Crippen LogP contribution in [0.4, 0.5) is 0 Å². The van der Waals surface area contributed by atoms with Crippen LogP contribution in [0.3, 0.4) is 0 Å². The highest BCUT2D eigenvalue weighted by Gasteiger charge is 2.26. The van der Waals surface area contributed by atoms with E-state index in [4.69, 9.17) is 10.00 Å². The van der Waals surface area contributed by atoms with Crippen molar-refractivity contribution in [1.82, 2.24) is 0 Å². The number of ether oxygens (including phenoxy) is 1. The van der Waals surface area contributed by atoms with Crippen molar-refractivity contribution in [3.8, 4) is 6.07 Å². The van der Waals surface area contributed by atoms with E-state index in [0.29, 0.717) is 0 Å². The van der Waals surface area contributed by atoms with Gasteiger partial charge in [0.15, 0.2) is 0 Å². The van der Waals surface area contributed by atoms with Gasteiger partial charge in [-0.05, 0) is 20.3 Å². The van der Waals surface area contributed by atoms with Crippen molar-refractivity contribution in [2.45, 2.75) is 33.6 Å². The molecule has 3 heteroatoms. The Morgan fingerprint density at radius 1 is 1.58 bits per heavy atom. The van der Waals surface area contributed by atoms with Crippen molar-refractivity contribution in [3.63, 3.8) is 0 Å². The second-order valence-electron chi connectivity index (χ2n) is 3.28. The maximum absolute atomic E-state index is 11.2. The van der Waals surface area contributed by atoms with Crippen molar-refractivity contribution in [1.29, 1.82) is 5.26 Å². The summed E-state index contributed by atoms with van der Waals surface area (Å²) in [5.74, 6) is -0.222. The van der Waals surface area contributed by atoms with Crippen LogP contribution in [-0.4, -0.2) is 12.6 Å². The average Bonchev–Trinajstić information content (AvgIpc) is 2.05. The van der Waals surface area contributed by atoms with E-state index >= 15 is 0 Å². The largest absolute Gasteiger partial charge is 0.464 e. The van der Waals surface area contributed by atoms with Gasteiger partial charge >= 0.3 is 5.97 Å². The minimum absolute atomic E-state index is 0.207. The molecule has 0 N–H and O–H groups in total. The first-order chi connectivity index (χ1) is 5.54. The van der Waals surface area contributed by atoms with E-state index in [9.17, 15) is 4.79 Å². The van der Waals surface area contributed by atoms with Crippen LogP contribution >= 0.6 is 0 Å². The minimum atomic E-state index is -0.421. The number of hydrogen-bond donors (Lipinski definition) is 0. The molecule has 0 aromatic rings. The molecule has 0 bridgehead atoms. The van der Waals surface area contributed by atoms with Gasteiger partial charge in [-0.25, -0.2) is 0 Å². The molecule has 0 saturated carbocycles. The third-order valence-corrected chi connectivity index (χ3v) is 1.88. The van der Waals surface area contributed by atoms with E-state index in [1.54, 1.807) is 0 Å². The first-order valence-corrected chi connectivity index (χ1v) is 4.08. The topological polar surface area (TPSA) is 50.1 Å². The summed E-state index contributed by atoms with van der Waals surface area (Å²) in [4.78, 5) is 11.2. The molecule has 0 aromatic heterocycles. The lowest BCUT2D eigenvalue weighted by Crippen LogP contribution is -2.25. The molecule has 0 unspecified atom stereocenters. The van der Waals surface area contributed by atoms with Gasteiger partial charge in [0.05, 0.1) is 17.9 Å². The van der Waals surface area contributed by atoms with Crippen LogP contribution in [0.15, 0.2) is 0 Å². The van der Waals surface area contributed by atoms with Gasteiger partial charge in [-0.15, -0.1) is 0 Å². The second-order valence-corrected chi connectivity index (χ2v) is 3.28. The molecule has 0 fully saturated rings. The van der Waals surface area contributed by atoms with Crippen molar-refractivity contribution < 1.29 is 9.53 Å². The lowest BCUT2D eigenvalue weighted by Gasteiger charge is -2.19. The van der Waals surface area contributed by atoms with E-state index < -0.39 is 5.41 Å². The van der Waals surface area contributed by atoms with E-state index in [0.717, 1.165) is 6.42 Å². The molecule has 0 aliphatic rings. The Morgan fingerprint density at radius 3 is 2.58 bits per heavy atom. The van der Waals surface area contributed by atoms with Crippen molar-refractivity contribution >= 4 is 5.97 Å². The van der Waals surface area contributed by atoms with Gasteiger partial charge in [0.2, 0.25) is 0 Å². The highest BCUT2D eigenvalue weighted by atomic mass is 16.5.